The molecule has 0 atom stereocenters. The van der Waals surface area contributed by atoms with Crippen molar-refractivity contribution in [1.29, 1.82) is 0 Å². The van der Waals surface area contributed by atoms with E-state index in [0.29, 0.717) is 19.8 Å². The molecule has 1 heterocycles. The van der Waals surface area contributed by atoms with Crippen LogP contribution in [0.5, 0.6) is 0 Å². The van der Waals surface area contributed by atoms with Gasteiger partial charge in [0, 0.05) is 19.6 Å². The summed E-state index contributed by atoms with van der Waals surface area (Å²) in [6, 6.07) is 0. The van der Waals surface area contributed by atoms with E-state index in [0.717, 1.165) is 13.1 Å². The van der Waals surface area contributed by atoms with Gasteiger partial charge in [-0.05, 0) is 0 Å². The van der Waals surface area contributed by atoms with Gasteiger partial charge in [0.2, 0.25) is 0 Å². The van der Waals surface area contributed by atoms with Crippen LogP contribution in [0.2, 0.25) is 0 Å². The summed E-state index contributed by atoms with van der Waals surface area (Å²) in [6.45, 7) is 3.17. The van der Waals surface area contributed by atoms with Gasteiger partial charge in [-0.25, -0.2) is 0 Å². The molecule has 0 aromatic heterocycles. The zero-order chi connectivity index (χ0) is 9.03. The van der Waals surface area contributed by atoms with Crippen molar-refractivity contribution in [3.63, 3.8) is 0 Å². The van der Waals surface area contributed by atoms with E-state index in [4.69, 9.17) is 9.29 Å². The second kappa shape index (κ2) is 7.65. The fourth-order valence-corrected chi connectivity index (χ4v) is 1.56. The van der Waals surface area contributed by atoms with E-state index in [9.17, 15) is 8.42 Å². The van der Waals surface area contributed by atoms with Crippen LogP contribution in [0.15, 0.2) is 0 Å². The van der Waals surface area contributed by atoms with E-state index in [1.165, 1.54) is 0 Å². The summed E-state index contributed by atoms with van der Waals surface area (Å²) >= 11 is 0. The van der Waals surface area contributed by atoms with Gasteiger partial charge in [0.25, 0.3) is 10.1 Å². The molecule has 2 N–H and O–H groups in total. The van der Waals surface area contributed by atoms with Crippen molar-refractivity contribution in [2.75, 3.05) is 38.6 Å². The van der Waals surface area contributed by atoms with E-state index in [2.05, 4.69) is 0 Å². The molecule has 0 aliphatic carbocycles. The third-order valence-corrected chi connectivity index (χ3v) is 2.47. The van der Waals surface area contributed by atoms with Crippen LogP contribution in [0.4, 0.5) is 0 Å². The summed E-state index contributed by atoms with van der Waals surface area (Å²) in [5.41, 5.74) is 0. The van der Waals surface area contributed by atoms with Crippen LogP contribution in [-0.4, -0.2) is 61.9 Å². The van der Waals surface area contributed by atoms with Crippen molar-refractivity contribution in [3.05, 3.63) is 0 Å². The molecule has 8 heteroatoms. The fourth-order valence-electron chi connectivity index (χ4n) is 1.07. The Bertz CT molecular complexity index is 226. The topological polar surface area (TPSA) is 96.8 Å². The Kier molecular flexibility index (Phi) is 9.18. The molecule has 1 aliphatic rings. The molecule has 1 fully saturated rings. The molecule has 14 heavy (non-hydrogen) atoms. The smallest absolute Gasteiger partial charge is 0.870 e. The molecule has 0 aromatic carbocycles. The number of nitrogens with zero attached hydrogens (tertiary/aromatic N) is 1. The molecule has 0 bridgehead atoms. The molecule has 6 nitrogen and oxygen atoms in total. The molecule has 0 amide bonds. The first-order valence-corrected chi connectivity index (χ1v) is 5.44. The van der Waals surface area contributed by atoms with Gasteiger partial charge in [0.05, 0.1) is 19.0 Å². The minimum absolute atomic E-state index is 0. The van der Waals surface area contributed by atoms with E-state index in [-0.39, 0.29) is 30.1 Å². The van der Waals surface area contributed by atoms with Gasteiger partial charge in [-0.1, -0.05) is 0 Å². The Morgan fingerprint density at radius 3 is 2.21 bits per heavy atom. The van der Waals surface area contributed by atoms with E-state index in [1.807, 2.05) is 4.90 Å². The maximum absolute atomic E-state index is 10.4. The molecule has 0 spiro atoms. The Labute approximate surface area is 95.8 Å². The van der Waals surface area contributed by atoms with E-state index in [1.54, 1.807) is 0 Å². The van der Waals surface area contributed by atoms with Crippen LogP contribution in [0.1, 0.15) is 0 Å². The summed E-state index contributed by atoms with van der Waals surface area (Å²) in [6.07, 6.45) is 0. The van der Waals surface area contributed by atoms with E-state index < -0.39 is 10.1 Å². The Hall–Kier alpha value is 0.387. The maximum Gasteiger partial charge on any atom is 1.00 e. The first-order valence-electron chi connectivity index (χ1n) is 3.83. The number of rotatable bonds is 3. The molecule has 0 unspecified atom stereocenters. The molecule has 0 aromatic rings. The molecule has 0 saturated carbocycles. The second-order valence-electron chi connectivity index (χ2n) is 2.74. The van der Waals surface area contributed by atoms with Gasteiger partial charge in [-0.15, -0.1) is 0 Å². The Morgan fingerprint density at radius 2 is 1.79 bits per heavy atom. The average molecular weight is 219 g/mol. The SMILES string of the molecule is O=S(=O)(O)CCN1CCOCC1.[Li+].[OH-]. The predicted molar refractivity (Wildman–Crippen MR) is 45.6 cm³/mol. The van der Waals surface area contributed by atoms with Gasteiger partial charge >= 0.3 is 18.9 Å². The zero-order valence-corrected chi connectivity index (χ0v) is 9.03. The second-order valence-corrected chi connectivity index (χ2v) is 4.31. The van der Waals surface area contributed by atoms with Gasteiger partial charge < -0.3 is 10.2 Å². The average Bonchev–Trinajstić information content (AvgIpc) is 2.02. The molecule has 1 rings (SSSR count). The van der Waals surface area contributed by atoms with Gasteiger partial charge in [0.1, 0.15) is 0 Å². The standard InChI is InChI=1S/C6H13NO4S.Li.H2O/c8-12(9,10)6-3-7-1-4-11-5-2-7;;/h1-6H2,(H,8,9,10);;1H2/q;+1;/p-1. The van der Waals surface area contributed by atoms with Crippen LogP contribution in [0, 0.1) is 0 Å². The largest absolute Gasteiger partial charge is 1.00 e. The summed E-state index contributed by atoms with van der Waals surface area (Å²) in [7, 11) is -3.81. The van der Waals surface area contributed by atoms with Crippen molar-refractivity contribution in [2.24, 2.45) is 0 Å². The number of morpholine rings is 1. The molecule has 1 aliphatic heterocycles. The van der Waals surface area contributed by atoms with Crippen molar-refractivity contribution in [3.8, 4) is 0 Å². The Morgan fingerprint density at radius 1 is 1.29 bits per heavy atom. The minimum atomic E-state index is -3.81. The third kappa shape index (κ3) is 7.76. The van der Waals surface area contributed by atoms with Crippen molar-refractivity contribution in [2.45, 2.75) is 0 Å². The third-order valence-electron chi connectivity index (χ3n) is 1.77. The molecule has 1 saturated heterocycles. The monoisotopic (exact) mass is 219 g/mol. The first kappa shape index (κ1) is 16.8. The van der Waals surface area contributed by atoms with Crippen molar-refractivity contribution >= 4 is 10.1 Å². The molecular formula is C6H14LiNO5S. The Balaban J connectivity index is 0. The predicted octanol–water partition coefficient (Wildman–Crippen LogP) is -3.97. The van der Waals surface area contributed by atoms with Crippen LogP contribution in [0.3, 0.4) is 0 Å². The summed E-state index contributed by atoms with van der Waals surface area (Å²) < 4.78 is 34.3. The van der Waals surface area contributed by atoms with Crippen LogP contribution in [0.25, 0.3) is 0 Å². The van der Waals surface area contributed by atoms with Crippen molar-refractivity contribution in [1.82, 2.24) is 4.90 Å². The quantitative estimate of drug-likeness (QED) is 0.384. The van der Waals surface area contributed by atoms with Gasteiger partial charge in [-0.2, -0.15) is 8.42 Å². The van der Waals surface area contributed by atoms with E-state index >= 15 is 0 Å². The van der Waals surface area contributed by atoms with Gasteiger partial charge in [0.15, 0.2) is 0 Å². The van der Waals surface area contributed by atoms with Crippen LogP contribution in [-0.2, 0) is 14.9 Å². The fraction of sp³-hybridized carbons (Fsp3) is 1.00. The van der Waals surface area contributed by atoms with Crippen molar-refractivity contribution < 1.29 is 42.0 Å². The van der Waals surface area contributed by atoms with Crippen LogP contribution < -0.4 is 18.9 Å². The first-order chi connectivity index (χ1) is 5.58. The summed E-state index contributed by atoms with van der Waals surface area (Å²) in [5, 5.41) is 0. The molecule has 80 valence electrons. The minimum Gasteiger partial charge on any atom is -0.870 e. The summed E-state index contributed by atoms with van der Waals surface area (Å²) in [4.78, 5) is 1.96. The molecule has 0 radical (unpaired) electrons. The van der Waals surface area contributed by atoms with Crippen LogP contribution >= 0.6 is 0 Å². The number of hydrogen-bond donors (Lipinski definition) is 1. The number of hydrogen-bond acceptors (Lipinski definition) is 5. The normalized spacial score (nSPS) is 18.1. The summed E-state index contributed by atoms with van der Waals surface area (Å²) in [5.74, 6) is -0.188. The zero-order valence-electron chi connectivity index (χ0n) is 8.22. The number of ether oxygens (including phenoxy) is 1. The maximum atomic E-state index is 10.4. The van der Waals surface area contributed by atoms with Gasteiger partial charge in [-0.3, -0.25) is 9.45 Å². The molecular weight excluding hydrogens is 205 g/mol.